The molecule has 0 aliphatic heterocycles. The molecule has 0 atom stereocenters. The van der Waals surface area contributed by atoms with Gasteiger partial charge in [0.25, 0.3) is 0 Å². The van der Waals surface area contributed by atoms with Gasteiger partial charge in [0.2, 0.25) is 0 Å². The largest absolute Gasteiger partial charge is 0.433 e. The van der Waals surface area contributed by atoms with Crippen LogP contribution in [0.5, 0.6) is 5.75 Å². The second-order valence-corrected chi connectivity index (χ2v) is 4.45. The van der Waals surface area contributed by atoms with E-state index in [-0.39, 0.29) is 5.75 Å². The second kappa shape index (κ2) is 4.93. The van der Waals surface area contributed by atoms with E-state index < -0.39 is 12.2 Å². The third kappa shape index (κ3) is 3.05. The minimum Gasteiger partial charge on any atom is -0.433 e. The lowest BCUT2D eigenvalue weighted by molar-refractivity contribution is -0.0499. The molecule has 1 aromatic heterocycles. The van der Waals surface area contributed by atoms with Crippen molar-refractivity contribution in [1.29, 1.82) is 0 Å². The van der Waals surface area contributed by atoms with Crippen LogP contribution in [0.15, 0.2) is 30.5 Å². The molecule has 7 heteroatoms. The predicted molar refractivity (Wildman–Crippen MR) is 63.2 cm³/mol. The lowest BCUT2D eigenvalue weighted by Crippen LogP contribution is -2.15. The lowest BCUT2D eigenvalue weighted by Gasteiger charge is -2.12. The maximum atomic E-state index is 12.3. The molecule has 19 heavy (non-hydrogen) atoms. The Hall–Kier alpha value is -2.02. The first-order valence-corrected chi connectivity index (χ1v) is 5.57. The SMILES string of the molecule is CC(C)(O)c1cn(-c2ccccc2OC(F)F)nn1. The number of hydrogen-bond donors (Lipinski definition) is 1. The molecule has 2 rings (SSSR count). The summed E-state index contributed by atoms with van der Waals surface area (Å²) in [5.74, 6) is -0.00954. The van der Waals surface area contributed by atoms with Gasteiger partial charge in [0, 0.05) is 0 Å². The molecule has 0 amide bonds. The Morgan fingerprint density at radius 3 is 2.58 bits per heavy atom. The molecule has 1 N–H and O–H groups in total. The molecule has 0 saturated carbocycles. The Morgan fingerprint density at radius 1 is 1.32 bits per heavy atom. The molecule has 0 saturated heterocycles. The lowest BCUT2D eigenvalue weighted by atomic mass is 10.1. The molecule has 5 nitrogen and oxygen atoms in total. The molecule has 0 bridgehead atoms. The first-order chi connectivity index (χ1) is 8.88. The maximum absolute atomic E-state index is 12.3. The summed E-state index contributed by atoms with van der Waals surface area (Å²) < 4.78 is 30.3. The van der Waals surface area contributed by atoms with Crippen LogP contribution in [-0.4, -0.2) is 26.7 Å². The van der Waals surface area contributed by atoms with E-state index >= 15 is 0 Å². The van der Waals surface area contributed by atoms with Crippen LogP contribution >= 0.6 is 0 Å². The van der Waals surface area contributed by atoms with E-state index in [0.29, 0.717) is 11.4 Å². The molecule has 0 radical (unpaired) electrons. The van der Waals surface area contributed by atoms with Gasteiger partial charge in [-0.2, -0.15) is 8.78 Å². The van der Waals surface area contributed by atoms with E-state index in [0.717, 1.165) is 0 Å². The highest BCUT2D eigenvalue weighted by Crippen LogP contribution is 2.25. The number of alkyl halides is 2. The van der Waals surface area contributed by atoms with E-state index in [1.54, 1.807) is 32.0 Å². The van der Waals surface area contributed by atoms with Gasteiger partial charge in [0.05, 0.1) is 6.20 Å². The van der Waals surface area contributed by atoms with Crippen molar-refractivity contribution in [2.24, 2.45) is 0 Å². The Balaban J connectivity index is 2.39. The number of para-hydroxylation sites is 2. The van der Waals surface area contributed by atoms with Gasteiger partial charge >= 0.3 is 6.61 Å². The molecule has 0 aliphatic rings. The van der Waals surface area contributed by atoms with E-state index in [2.05, 4.69) is 15.0 Å². The van der Waals surface area contributed by atoms with Crippen molar-refractivity contribution in [3.8, 4) is 11.4 Å². The van der Waals surface area contributed by atoms with Crippen molar-refractivity contribution >= 4 is 0 Å². The topological polar surface area (TPSA) is 60.2 Å². The van der Waals surface area contributed by atoms with Crippen molar-refractivity contribution in [2.75, 3.05) is 0 Å². The molecule has 1 heterocycles. The smallest absolute Gasteiger partial charge is 0.387 e. The van der Waals surface area contributed by atoms with Crippen molar-refractivity contribution in [1.82, 2.24) is 15.0 Å². The van der Waals surface area contributed by atoms with Crippen LogP contribution in [0.3, 0.4) is 0 Å². The minimum atomic E-state index is -2.92. The van der Waals surface area contributed by atoms with Gasteiger partial charge < -0.3 is 9.84 Å². The third-order valence-corrected chi connectivity index (χ3v) is 2.45. The summed E-state index contributed by atoms with van der Waals surface area (Å²) in [7, 11) is 0. The number of nitrogens with zero attached hydrogens (tertiary/aromatic N) is 3. The number of benzene rings is 1. The average molecular weight is 269 g/mol. The fourth-order valence-corrected chi connectivity index (χ4v) is 1.50. The predicted octanol–water partition coefficient (Wildman–Crippen LogP) is 2.10. The van der Waals surface area contributed by atoms with Crippen LogP contribution in [0.4, 0.5) is 8.78 Å². The Kier molecular flexibility index (Phi) is 3.48. The summed E-state index contributed by atoms with van der Waals surface area (Å²) in [6.07, 6.45) is 1.47. The molecule has 1 aromatic carbocycles. The van der Waals surface area contributed by atoms with Gasteiger partial charge in [-0.05, 0) is 26.0 Å². The fraction of sp³-hybridized carbons (Fsp3) is 0.333. The van der Waals surface area contributed by atoms with Crippen molar-refractivity contribution < 1.29 is 18.6 Å². The van der Waals surface area contributed by atoms with Crippen LogP contribution in [0.2, 0.25) is 0 Å². The Labute approximate surface area is 108 Å². The molecule has 0 aliphatic carbocycles. The zero-order chi connectivity index (χ0) is 14.0. The number of ether oxygens (including phenoxy) is 1. The van der Waals surface area contributed by atoms with Crippen LogP contribution in [-0.2, 0) is 5.60 Å². The Bertz CT molecular complexity index is 564. The second-order valence-electron chi connectivity index (χ2n) is 4.45. The summed E-state index contributed by atoms with van der Waals surface area (Å²) in [5.41, 5.74) is -0.498. The molecule has 0 spiro atoms. The Morgan fingerprint density at radius 2 is 2.00 bits per heavy atom. The number of aromatic nitrogens is 3. The number of rotatable bonds is 4. The van der Waals surface area contributed by atoms with Gasteiger partial charge in [-0.15, -0.1) is 5.10 Å². The van der Waals surface area contributed by atoms with E-state index in [9.17, 15) is 13.9 Å². The molecule has 102 valence electrons. The van der Waals surface area contributed by atoms with Gasteiger partial charge in [0.1, 0.15) is 17.0 Å². The highest BCUT2D eigenvalue weighted by molar-refractivity contribution is 5.45. The van der Waals surface area contributed by atoms with Crippen LogP contribution < -0.4 is 4.74 Å². The normalized spacial score (nSPS) is 11.9. The minimum absolute atomic E-state index is 0.00954. The van der Waals surface area contributed by atoms with Crippen LogP contribution in [0.1, 0.15) is 19.5 Å². The molecular formula is C12H13F2N3O2. The van der Waals surface area contributed by atoms with Crippen molar-refractivity contribution in [2.45, 2.75) is 26.1 Å². The van der Waals surface area contributed by atoms with Crippen molar-refractivity contribution in [3.63, 3.8) is 0 Å². The first-order valence-electron chi connectivity index (χ1n) is 5.57. The number of aliphatic hydroxyl groups is 1. The first kappa shape index (κ1) is 13.4. The summed E-state index contributed by atoms with van der Waals surface area (Å²) >= 11 is 0. The van der Waals surface area contributed by atoms with E-state index in [4.69, 9.17) is 0 Å². The summed E-state index contributed by atoms with van der Waals surface area (Å²) in [6.45, 7) is 0.199. The average Bonchev–Trinajstić information content (AvgIpc) is 2.77. The quantitative estimate of drug-likeness (QED) is 0.923. The zero-order valence-corrected chi connectivity index (χ0v) is 10.4. The van der Waals surface area contributed by atoms with Crippen LogP contribution in [0, 0.1) is 0 Å². The van der Waals surface area contributed by atoms with Gasteiger partial charge in [-0.3, -0.25) is 0 Å². The molecule has 0 fully saturated rings. The highest BCUT2D eigenvalue weighted by atomic mass is 19.3. The monoisotopic (exact) mass is 269 g/mol. The van der Waals surface area contributed by atoms with E-state index in [1.807, 2.05) is 0 Å². The molecule has 2 aromatic rings. The van der Waals surface area contributed by atoms with E-state index in [1.165, 1.54) is 16.9 Å². The van der Waals surface area contributed by atoms with Gasteiger partial charge in [0.15, 0.2) is 5.75 Å². The molecule has 0 unspecified atom stereocenters. The summed E-state index contributed by atoms with van der Waals surface area (Å²) in [4.78, 5) is 0. The summed E-state index contributed by atoms with van der Waals surface area (Å²) in [5, 5.41) is 17.4. The van der Waals surface area contributed by atoms with Gasteiger partial charge in [-0.1, -0.05) is 17.3 Å². The maximum Gasteiger partial charge on any atom is 0.387 e. The highest BCUT2D eigenvalue weighted by Gasteiger charge is 2.21. The molecular weight excluding hydrogens is 256 g/mol. The van der Waals surface area contributed by atoms with Crippen molar-refractivity contribution in [3.05, 3.63) is 36.2 Å². The number of halogens is 2. The van der Waals surface area contributed by atoms with Crippen LogP contribution in [0.25, 0.3) is 5.69 Å². The fourth-order valence-electron chi connectivity index (χ4n) is 1.50. The third-order valence-electron chi connectivity index (χ3n) is 2.45. The zero-order valence-electron chi connectivity index (χ0n) is 10.4. The van der Waals surface area contributed by atoms with Gasteiger partial charge in [-0.25, -0.2) is 4.68 Å². The number of hydrogen-bond acceptors (Lipinski definition) is 4. The summed E-state index contributed by atoms with van der Waals surface area (Å²) in [6, 6.07) is 6.22. The standard InChI is InChI=1S/C12H13F2N3O2/c1-12(2,18)10-7-17(16-15-10)8-5-3-4-6-9(8)19-11(13)14/h3-7,11,18H,1-2H3.